The number of nitrogens with two attached hydrogens (primary N) is 1. The predicted molar refractivity (Wildman–Crippen MR) is 86.7 cm³/mol. The molecule has 2 N–H and O–H groups in total. The van der Waals surface area contributed by atoms with Gasteiger partial charge in [0.15, 0.2) is 11.5 Å². The minimum Gasteiger partial charge on any atom is -0.492 e. The molecule has 0 spiro atoms. The van der Waals surface area contributed by atoms with Crippen molar-refractivity contribution in [2.75, 3.05) is 44.5 Å². The fourth-order valence-electron chi connectivity index (χ4n) is 2.65. The molecule has 1 saturated heterocycles. The predicted octanol–water partition coefficient (Wildman–Crippen LogP) is 2.79. The number of carbonyl (C=O) groups is 1. The van der Waals surface area contributed by atoms with Gasteiger partial charge in [0.25, 0.3) is 0 Å². The Morgan fingerprint density at radius 3 is 2.90 bits per heavy atom. The number of ether oxygens (including phenoxy) is 2. The lowest BCUT2D eigenvalue weighted by Crippen LogP contribution is -2.30. The summed E-state index contributed by atoms with van der Waals surface area (Å²) in [6, 6.07) is 0. The molecule has 5 nitrogen and oxygen atoms in total. The van der Waals surface area contributed by atoms with Gasteiger partial charge in [-0.1, -0.05) is 6.92 Å². The highest BCUT2D eigenvalue weighted by molar-refractivity contribution is 7.19. The number of hydrogen-bond acceptors (Lipinski definition) is 6. The van der Waals surface area contributed by atoms with Crippen molar-refractivity contribution >= 4 is 27.8 Å². The minimum absolute atomic E-state index is 0.0662. The zero-order valence-electron chi connectivity index (χ0n) is 13.0. The summed E-state index contributed by atoms with van der Waals surface area (Å²) in [7, 11) is 3.61. The van der Waals surface area contributed by atoms with Crippen molar-refractivity contribution in [1.29, 1.82) is 0 Å². The number of Topliss-reactive ketones (excluding diaryl/α,β-unsaturated/α-hetero) is 1. The van der Waals surface area contributed by atoms with Gasteiger partial charge in [-0.15, -0.1) is 11.3 Å². The molecule has 6 heteroatoms. The van der Waals surface area contributed by atoms with Crippen LogP contribution in [0, 0.1) is 5.92 Å². The lowest BCUT2D eigenvalue weighted by Gasteiger charge is -2.27. The zero-order chi connectivity index (χ0) is 15.4. The largest absolute Gasteiger partial charge is 0.492 e. The highest BCUT2D eigenvalue weighted by Crippen LogP contribution is 2.45. The Labute approximate surface area is 130 Å². The van der Waals surface area contributed by atoms with E-state index in [-0.39, 0.29) is 5.78 Å². The molecule has 1 aromatic heterocycles. The summed E-state index contributed by atoms with van der Waals surface area (Å²) in [5, 5.41) is 0.928. The SMILES string of the molecule is CCC(=O)c1sc(N(C)CC2CCCOC2)c(OC)c1N. The second-order valence-electron chi connectivity index (χ2n) is 5.42. The molecule has 1 atom stereocenters. The van der Waals surface area contributed by atoms with E-state index in [1.807, 2.05) is 14.0 Å². The normalized spacial score (nSPS) is 18.5. The topological polar surface area (TPSA) is 64.8 Å². The van der Waals surface area contributed by atoms with Crippen LogP contribution in [0.4, 0.5) is 10.7 Å². The molecular weight excluding hydrogens is 288 g/mol. The monoisotopic (exact) mass is 312 g/mol. The van der Waals surface area contributed by atoms with Gasteiger partial charge in [-0.05, 0) is 18.8 Å². The fraction of sp³-hybridized carbons (Fsp3) is 0.667. The lowest BCUT2D eigenvalue weighted by molar-refractivity contribution is 0.0576. The van der Waals surface area contributed by atoms with Crippen LogP contribution in [0.5, 0.6) is 5.75 Å². The molecule has 1 aliphatic rings. The van der Waals surface area contributed by atoms with Crippen LogP contribution in [0.3, 0.4) is 0 Å². The Morgan fingerprint density at radius 2 is 2.33 bits per heavy atom. The molecule has 2 heterocycles. The number of ketones is 1. The summed E-state index contributed by atoms with van der Waals surface area (Å²) in [6.45, 7) is 4.39. The van der Waals surface area contributed by atoms with Gasteiger partial charge < -0.3 is 20.1 Å². The Hall–Kier alpha value is -1.27. The van der Waals surface area contributed by atoms with Crippen molar-refractivity contribution < 1.29 is 14.3 Å². The van der Waals surface area contributed by atoms with Crippen LogP contribution in [0.2, 0.25) is 0 Å². The average molecular weight is 312 g/mol. The molecule has 2 rings (SSSR count). The van der Waals surface area contributed by atoms with Gasteiger partial charge in [0.2, 0.25) is 0 Å². The standard InChI is InChI=1S/C15H24N2O3S/c1-4-11(18)14-12(16)13(19-3)15(21-14)17(2)8-10-6-5-7-20-9-10/h10H,4-9,16H2,1-3H3. The third kappa shape index (κ3) is 3.49. The number of rotatable bonds is 6. The first kappa shape index (κ1) is 16.1. The third-order valence-electron chi connectivity index (χ3n) is 3.79. The highest BCUT2D eigenvalue weighted by atomic mass is 32.1. The molecule has 1 aliphatic heterocycles. The first-order valence-corrected chi connectivity index (χ1v) is 8.18. The van der Waals surface area contributed by atoms with Gasteiger partial charge in [0.1, 0.15) is 5.00 Å². The van der Waals surface area contributed by atoms with Crippen LogP contribution in [-0.4, -0.2) is 39.7 Å². The van der Waals surface area contributed by atoms with E-state index in [9.17, 15) is 4.79 Å². The Kier molecular flexibility index (Phi) is 5.47. The van der Waals surface area contributed by atoms with E-state index in [2.05, 4.69) is 4.90 Å². The molecule has 0 amide bonds. The molecule has 0 radical (unpaired) electrons. The summed E-state index contributed by atoms with van der Waals surface area (Å²) in [5.41, 5.74) is 6.54. The average Bonchev–Trinajstić information content (AvgIpc) is 2.84. The van der Waals surface area contributed by atoms with Crippen molar-refractivity contribution in [3.05, 3.63) is 4.88 Å². The summed E-state index contributed by atoms with van der Waals surface area (Å²) in [6.07, 6.45) is 2.74. The van der Waals surface area contributed by atoms with E-state index >= 15 is 0 Å². The molecular formula is C15H24N2O3S. The number of thiophene rings is 1. The molecule has 0 saturated carbocycles. The van der Waals surface area contributed by atoms with E-state index in [0.717, 1.165) is 31.2 Å². The zero-order valence-corrected chi connectivity index (χ0v) is 13.8. The van der Waals surface area contributed by atoms with Gasteiger partial charge >= 0.3 is 0 Å². The Balaban J connectivity index is 2.19. The summed E-state index contributed by atoms with van der Waals surface area (Å²) < 4.78 is 10.9. The second kappa shape index (κ2) is 7.13. The molecule has 21 heavy (non-hydrogen) atoms. The molecule has 0 aliphatic carbocycles. The van der Waals surface area contributed by atoms with Crippen LogP contribution in [0.25, 0.3) is 0 Å². The number of nitrogen functional groups attached to an aromatic ring is 1. The van der Waals surface area contributed by atoms with Crippen LogP contribution in [-0.2, 0) is 4.74 Å². The van der Waals surface area contributed by atoms with Gasteiger partial charge in [0.05, 0.1) is 24.3 Å². The van der Waals surface area contributed by atoms with Crippen LogP contribution < -0.4 is 15.4 Å². The van der Waals surface area contributed by atoms with Crippen molar-refractivity contribution in [3.8, 4) is 5.75 Å². The third-order valence-corrected chi connectivity index (χ3v) is 5.14. The first-order valence-electron chi connectivity index (χ1n) is 7.36. The highest BCUT2D eigenvalue weighted by Gasteiger charge is 2.25. The van der Waals surface area contributed by atoms with Gasteiger partial charge in [0, 0.05) is 26.6 Å². The Bertz CT molecular complexity index is 495. The number of anilines is 2. The van der Waals surface area contributed by atoms with E-state index in [1.165, 1.54) is 17.8 Å². The molecule has 0 bridgehead atoms. The maximum Gasteiger partial charge on any atom is 0.177 e. The summed E-state index contributed by atoms with van der Waals surface area (Å²) in [5.74, 6) is 1.20. The van der Waals surface area contributed by atoms with Gasteiger partial charge in [-0.2, -0.15) is 0 Å². The van der Waals surface area contributed by atoms with Crippen molar-refractivity contribution in [3.63, 3.8) is 0 Å². The van der Waals surface area contributed by atoms with Gasteiger partial charge in [-0.3, -0.25) is 4.79 Å². The molecule has 118 valence electrons. The maximum atomic E-state index is 12.0. The molecule has 1 unspecified atom stereocenters. The lowest BCUT2D eigenvalue weighted by atomic mass is 10.0. The smallest absolute Gasteiger partial charge is 0.177 e. The number of methoxy groups -OCH3 is 1. The fourth-order valence-corrected chi connectivity index (χ4v) is 3.82. The van der Waals surface area contributed by atoms with E-state index in [0.29, 0.717) is 28.7 Å². The second-order valence-corrected chi connectivity index (χ2v) is 6.42. The van der Waals surface area contributed by atoms with Crippen LogP contribution in [0.1, 0.15) is 35.9 Å². The quantitative estimate of drug-likeness (QED) is 0.818. The number of hydrogen-bond donors (Lipinski definition) is 1. The van der Waals surface area contributed by atoms with Crippen molar-refractivity contribution in [2.45, 2.75) is 26.2 Å². The number of carbonyl (C=O) groups excluding carboxylic acids is 1. The maximum absolute atomic E-state index is 12.0. The molecule has 0 aromatic carbocycles. The van der Waals surface area contributed by atoms with E-state index in [4.69, 9.17) is 15.2 Å². The Morgan fingerprint density at radius 1 is 1.57 bits per heavy atom. The molecule has 1 fully saturated rings. The van der Waals surface area contributed by atoms with Crippen molar-refractivity contribution in [1.82, 2.24) is 0 Å². The summed E-state index contributed by atoms with van der Waals surface area (Å²) in [4.78, 5) is 14.7. The number of nitrogens with zero attached hydrogens (tertiary/aromatic N) is 1. The van der Waals surface area contributed by atoms with Gasteiger partial charge in [-0.25, -0.2) is 0 Å². The first-order chi connectivity index (χ1) is 10.1. The van der Waals surface area contributed by atoms with E-state index < -0.39 is 0 Å². The molecule has 1 aromatic rings. The summed E-state index contributed by atoms with van der Waals surface area (Å²) >= 11 is 1.43. The van der Waals surface area contributed by atoms with Crippen molar-refractivity contribution in [2.24, 2.45) is 5.92 Å². The van der Waals surface area contributed by atoms with Crippen LogP contribution >= 0.6 is 11.3 Å². The minimum atomic E-state index is 0.0662. The van der Waals surface area contributed by atoms with E-state index in [1.54, 1.807) is 7.11 Å². The van der Waals surface area contributed by atoms with Crippen LogP contribution in [0.15, 0.2) is 0 Å².